The highest BCUT2D eigenvalue weighted by molar-refractivity contribution is 6.28. The summed E-state index contributed by atoms with van der Waals surface area (Å²) >= 11 is 5.93. The highest BCUT2D eigenvalue weighted by atomic mass is 35.5. The number of halogens is 3. The maximum Gasteiger partial charge on any atom is 0.332 e. The number of aryl methyl sites for hydroxylation is 2. The molecule has 4 rings (SSSR count). The first-order valence-corrected chi connectivity index (χ1v) is 10.9. The summed E-state index contributed by atoms with van der Waals surface area (Å²) < 4.78 is 35.0. The lowest BCUT2D eigenvalue weighted by atomic mass is 10.1. The number of fused-ring (bicyclic) bond motifs is 1. The average molecular weight is 479 g/mol. The number of benzene rings is 1. The van der Waals surface area contributed by atoms with Gasteiger partial charge >= 0.3 is 5.69 Å². The smallest absolute Gasteiger partial charge is 0.332 e. The lowest BCUT2D eigenvalue weighted by Gasteiger charge is -2.10. The third-order valence-corrected chi connectivity index (χ3v) is 5.41. The maximum absolute atomic E-state index is 13.8. The number of aromatic amines is 1. The molecule has 0 fully saturated rings. The van der Waals surface area contributed by atoms with Crippen molar-refractivity contribution in [3.05, 3.63) is 73.2 Å². The predicted molar refractivity (Wildman–Crippen MR) is 116 cm³/mol. The molecule has 174 valence electrons. The molecule has 0 saturated heterocycles. The van der Waals surface area contributed by atoms with Gasteiger partial charge in [0.2, 0.25) is 11.2 Å². The highest BCUT2D eigenvalue weighted by Gasteiger charge is 2.17. The molecule has 3 heterocycles. The van der Waals surface area contributed by atoms with Gasteiger partial charge in [0.1, 0.15) is 0 Å². The Hall–Kier alpha value is -3.34. The summed E-state index contributed by atoms with van der Waals surface area (Å²) in [7, 11) is 0. The number of nitrogens with zero attached hydrogens (tertiary/aromatic N) is 5. The molecule has 33 heavy (non-hydrogen) atoms. The molecule has 1 N–H and O–H groups in total. The van der Waals surface area contributed by atoms with E-state index in [9.17, 15) is 18.4 Å². The lowest BCUT2D eigenvalue weighted by molar-refractivity contribution is 0.366. The summed E-state index contributed by atoms with van der Waals surface area (Å²) in [6.45, 7) is 2.53. The number of nitrogens with one attached hydrogen (secondary N) is 1. The fourth-order valence-corrected chi connectivity index (χ4v) is 3.74. The van der Waals surface area contributed by atoms with E-state index in [2.05, 4.69) is 20.1 Å². The van der Waals surface area contributed by atoms with E-state index in [1.165, 1.54) is 16.7 Å². The van der Waals surface area contributed by atoms with Crippen LogP contribution < -0.4 is 11.2 Å². The van der Waals surface area contributed by atoms with E-state index in [0.29, 0.717) is 19.4 Å². The maximum atomic E-state index is 13.8. The van der Waals surface area contributed by atoms with Crippen molar-refractivity contribution in [2.24, 2.45) is 0 Å². The van der Waals surface area contributed by atoms with Crippen LogP contribution in [0.15, 0.2) is 32.3 Å². The Morgan fingerprint density at radius 2 is 1.91 bits per heavy atom. The molecule has 0 saturated carbocycles. The van der Waals surface area contributed by atoms with Gasteiger partial charge in [-0.1, -0.05) is 30.6 Å². The zero-order chi connectivity index (χ0) is 23.5. The number of aromatic nitrogens is 6. The molecule has 0 aliphatic carbocycles. The first-order chi connectivity index (χ1) is 15.9. The van der Waals surface area contributed by atoms with E-state index in [4.69, 9.17) is 16.1 Å². The zero-order valence-electron chi connectivity index (χ0n) is 17.8. The molecule has 4 aromatic rings. The molecule has 12 heteroatoms. The Balaban J connectivity index is 1.49. The molecule has 0 atom stereocenters. The van der Waals surface area contributed by atoms with Crippen LogP contribution in [0.2, 0.25) is 5.28 Å². The van der Waals surface area contributed by atoms with Crippen LogP contribution in [0, 0.1) is 11.6 Å². The molecule has 1 aromatic carbocycles. The lowest BCUT2D eigenvalue weighted by Crippen LogP contribution is -2.40. The third kappa shape index (κ3) is 4.72. The quantitative estimate of drug-likeness (QED) is 0.370. The van der Waals surface area contributed by atoms with Crippen LogP contribution in [0.3, 0.4) is 0 Å². The minimum Gasteiger partial charge on any atom is -0.339 e. The Labute approximate surface area is 191 Å². The summed E-state index contributed by atoms with van der Waals surface area (Å²) in [5.41, 5.74) is -0.432. The number of imidazole rings is 1. The summed E-state index contributed by atoms with van der Waals surface area (Å²) in [6.07, 6.45) is 2.25. The van der Waals surface area contributed by atoms with Gasteiger partial charge in [0, 0.05) is 25.9 Å². The normalized spacial score (nSPS) is 11.5. The van der Waals surface area contributed by atoms with Gasteiger partial charge in [-0.05, 0) is 36.1 Å². The van der Waals surface area contributed by atoms with Crippen LogP contribution in [-0.4, -0.2) is 29.2 Å². The van der Waals surface area contributed by atoms with Crippen LogP contribution in [0.1, 0.15) is 43.5 Å². The molecule has 0 aliphatic rings. The standard InChI is InChI=1S/C21H21ClF2N6O3/c1-2-3-9-29-18-17(26-20(22)27-18)19(31)30(21(29)32)10-5-8-15-25-14(28-33-15)11-12-6-4-7-13(23)16(12)24/h4,6-7H,2-3,5,8-11H2,1H3,(H,26,27). The molecule has 0 unspecified atom stereocenters. The first-order valence-electron chi connectivity index (χ1n) is 10.5. The number of hydrogen-bond acceptors (Lipinski definition) is 6. The first kappa shape index (κ1) is 22.8. The second-order valence-corrected chi connectivity index (χ2v) is 7.93. The van der Waals surface area contributed by atoms with Gasteiger partial charge in [-0.2, -0.15) is 9.97 Å². The largest absolute Gasteiger partial charge is 0.339 e. The van der Waals surface area contributed by atoms with Gasteiger partial charge in [0.05, 0.1) is 0 Å². The summed E-state index contributed by atoms with van der Waals surface area (Å²) in [4.78, 5) is 36.7. The minimum absolute atomic E-state index is 0.0219. The predicted octanol–water partition coefficient (Wildman–Crippen LogP) is 3.22. The van der Waals surface area contributed by atoms with E-state index < -0.39 is 22.9 Å². The van der Waals surface area contributed by atoms with Crippen LogP contribution in [-0.2, 0) is 25.9 Å². The van der Waals surface area contributed by atoms with Crippen LogP contribution in [0.25, 0.3) is 11.2 Å². The number of unbranched alkanes of at least 4 members (excludes halogenated alkanes) is 1. The highest BCUT2D eigenvalue weighted by Crippen LogP contribution is 2.15. The molecule has 0 aliphatic heterocycles. The van der Waals surface area contributed by atoms with Crippen molar-refractivity contribution < 1.29 is 13.3 Å². The summed E-state index contributed by atoms with van der Waals surface area (Å²) in [6, 6.07) is 3.89. The van der Waals surface area contributed by atoms with Gasteiger partial charge < -0.3 is 9.51 Å². The summed E-state index contributed by atoms with van der Waals surface area (Å²) in [5, 5.41) is 3.84. The number of hydrogen-bond donors (Lipinski definition) is 1. The molecule has 9 nitrogen and oxygen atoms in total. The van der Waals surface area contributed by atoms with E-state index in [-0.39, 0.29) is 46.7 Å². The fraction of sp³-hybridized carbons (Fsp3) is 0.381. The van der Waals surface area contributed by atoms with Crippen molar-refractivity contribution >= 4 is 22.8 Å². The monoisotopic (exact) mass is 478 g/mol. The molecule has 0 radical (unpaired) electrons. The zero-order valence-corrected chi connectivity index (χ0v) is 18.5. The van der Waals surface area contributed by atoms with Gasteiger partial charge in [-0.25, -0.2) is 13.6 Å². The minimum atomic E-state index is -0.947. The van der Waals surface area contributed by atoms with Crippen molar-refractivity contribution in [2.45, 2.75) is 52.1 Å². The van der Waals surface area contributed by atoms with E-state index in [1.54, 1.807) is 0 Å². The van der Waals surface area contributed by atoms with Crippen molar-refractivity contribution in [1.29, 1.82) is 0 Å². The van der Waals surface area contributed by atoms with Crippen LogP contribution in [0.4, 0.5) is 8.78 Å². The molecular weight excluding hydrogens is 458 g/mol. The number of H-pyrrole nitrogens is 1. The summed E-state index contributed by atoms with van der Waals surface area (Å²) in [5.74, 6) is -1.41. The van der Waals surface area contributed by atoms with Gasteiger partial charge in [0.15, 0.2) is 28.6 Å². The molecular formula is C21H21ClF2N6O3. The molecule has 0 amide bonds. The fourth-order valence-electron chi connectivity index (χ4n) is 3.56. The average Bonchev–Trinajstić information content (AvgIpc) is 3.40. The third-order valence-electron chi connectivity index (χ3n) is 5.23. The van der Waals surface area contributed by atoms with E-state index in [1.807, 2.05) is 6.92 Å². The molecule has 0 spiro atoms. The van der Waals surface area contributed by atoms with Gasteiger partial charge in [-0.3, -0.25) is 13.9 Å². The Morgan fingerprint density at radius 1 is 1.12 bits per heavy atom. The van der Waals surface area contributed by atoms with E-state index in [0.717, 1.165) is 23.5 Å². The van der Waals surface area contributed by atoms with Crippen LogP contribution in [0.5, 0.6) is 0 Å². The van der Waals surface area contributed by atoms with Crippen molar-refractivity contribution in [3.8, 4) is 0 Å². The molecule has 0 bridgehead atoms. The van der Waals surface area contributed by atoms with Crippen molar-refractivity contribution in [1.82, 2.24) is 29.2 Å². The Bertz CT molecular complexity index is 1410. The van der Waals surface area contributed by atoms with Crippen molar-refractivity contribution in [2.75, 3.05) is 0 Å². The van der Waals surface area contributed by atoms with Gasteiger partial charge in [-0.15, -0.1) is 0 Å². The van der Waals surface area contributed by atoms with E-state index >= 15 is 0 Å². The Kier molecular flexibility index (Phi) is 6.68. The molecule has 3 aromatic heterocycles. The topological polar surface area (TPSA) is 112 Å². The second kappa shape index (κ2) is 9.65. The second-order valence-electron chi connectivity index (χ2n) is 7.57. The van der Waals surface area contributed by atoms with Crippen molar-refractivity contribution in [3.63, 3.8) is 0 Å². The van der Waals surface area contributed by atoms with Crippen LogP contribution >= 0.6 is 11.6 Å². The SMILES string of the molecule is CCCCn1c(=O)n(CCCc2nc(Cc3cccc(F)c3F)no2)c(=O)c2[nH]c(Cl)nc21. The van der Waals surface area contributed by atoms with Gasteiger partial charge in [0.25, 0.3) is 5.56 Å². The Morgan fingerprint density at radius 3 is 2.70 bits per heavy atom. The number of rotatable bonds is 9.